The van der Waals surface area contributed by atoms with Crippen LogP contribution in [0.4, 0.5) is 30.5 Å². The maximum absolute atomic E-state index is 13.9. The molecule has 40 heavy (non-hydrogen) atoms. The van der Waals surface area contributed by atoms with Gasteiger partial charge in [-0.2, -0.15) is 13.2 Å². The normalized spacial score (nSPS) is 15.7. The van der Waals surface area contributed by atoms with Crippen LogP contribution in [0.1, 0.15) is 40.4 Å². The van der Waals surface area contributed by atoms with Crippen LogP contribution in [0.25, 0.3) is 11.3 Å². The Hall–Kier alpha value is -4.38. The van der Waals surface area contributed by atoms with Gasteiger partial charge in [0, 0.05) is 54.2 Å². The standard InChI is InChI=1S/C29H28F3N7O/c1-18-8-10-39(15-18)16-21-5-4-20(11-24(21)29(30,31)32)27(40)36-23-6-3-19(2)26(12-23)38-28-35-9-7-25(37-28)22-13-33-17-34-14-22/h3-7,9,11-14,17-18H,8,10,15-16H2,1-2H3,(H,36,40)(H,35,37,38)/t18-/m0/s1. The fraction of sp³-hybridized carbons (Fsp3) is 0.276. The third-order valence-corrected chi connectivity index (χ3v) is 6.83. The first kappa shape index (κ1) is 27.2. The highest BCUT2D eigenvalue weighted by molar-refractivity contribution is 6.04. The van der Waals surface area contributed by atoms with Crippen LogP contribution in [0.3, 0.4) is 0 Å². The van der Waals surface area contributed by atoms with Crippen LogP contribution in [-0.2, 0) is 12.7 Å². The molecule has 1 aliphatic heterocycles. The molecular formula is C29H28F3N7O. The van der Waals surface area contributed by atoms with Crippen LogP contribution >= 0.6 is 0 Å². The van der Waals surface area contributed by atoms with Gasteiger partial charge >= 0.3 is 6.18 Å². The van der Waals surface area contributed by atoms with E-state index in [9.17, 15) is 18.0 Å². The Kier molecular flexibility index (Phi) is 7.74. The minimum Gasteiger partial charge on any atom is -0.324 e. The zero-order chi connectivity index (χ0) is 28.3. The van der Waals surface area contributed by atoms with Crippen molar-refractivity contribution in [2.75, 3.05) is 23.7 Å². The van der Waals surface area contributed by atoms with Gasteiger partial charge in [-0.3, -0.25) is 9.69 Å². The molecule has 1 atom stereocenters. The number of hydrogen-bond acceptors (Lipinski definition) is 7. The lowest BCUT2D eigenvalue weighted by Gasteiger charge is -2.20. The molecule has 0 saturated carbocycles. The van der Waals surface area contributed by atoms with Gasteiger partial charge < -0.3 is 10.6 Å². The summed E-state index contributed by atoms with van der Waals surface area (Å²) in [6, 6.07) is 10.7. The molecule has 4 aromatic rings. The summed E-state index contributed by atoms with van der Waals surface area (Å²) in [4.78, 5) is 31.8. The highest BCUT2D eigenvalue weighted by atomic mass is 19.4. The van der Waals surface area contributed by atoms with Gasteiger partial charge in [-0.25, -0.2) is 19.9 Å². The first-order chi connectivity index (χ1) is 19.2. The largest absolute Gasteiger partial charge is 0.416 e. The number of halogens is 3. The van der Waals surface area contributed by atoms with Gasteiger partial charge in [0.2, 0.25) is 5.95 Å². The molecule has 1 fully saturated rings. The van der Waals surface area contributed by atoms with Gasteiger partial charge in [-0.1, -0.05) is 19.1 Å². The number of nitrogens with one attached hydrogen (secondary N) is 2. The van der Waals surface area contributed by atoms with E-state index in [1.54, 1.807) is 42.9 Å². The van der Waals surface area contributed by atoms with Crippen molar-refractivity contribution >= 4 is 23.2 Å². The lowest BCUT2D eigenvalue weighted by molar-refractivity contribution is -0.138. The van der Waals surface area contributed by atoms with Crippen molar-refractivity contribution in [3.63, 3.8) is 0 Å². The van der Waals surface area contributed by atoms with Crippen LogP contribution in [0.2, 0.25) is 0 Å². The van der Waals surface area contributed by atoms with E-state index in [1.807, 2.05) is 11.8 Å². The van der Waals surface area contributed by atoms with E-state index in [-0.39, 0.29) is 17.7 Å². The lowest BCUT2D eigenvalue weighted by Crippen LogP contribution is -2.23. The maximum atomic E-state index is 13.9. The van der Waals surface area contributed by atoms with Crippen molar-refractivity contribution < 1.29 is 18.0 Å². The molecule has 0 spiro atoms. The van der Waals surface area contributed by atoms with Crippen LogP contribution in [0.5, 0.6) is 0 Å². The number of alkyl halides is 3. The first-order valence-corrected chi connectivity index (χ1v) is 12.9. The Morgan fingerprint density at radius 1 is 1.10 bits per heavy atom. The van der Waals surface area contributed by atoms with Crippen LogP contribution < -0.4 is 10.6 Å². The van der Waals surface area contributed by atoms with Crippen LogP contribution in [-0.4, -0.2) is 43.8 Å². The number of carbonyl (C=O) groups excluding carboxylic acids is 1. The zero-order valence-corrected chi connectivity index (χ0v) is 22.0. The van der Waals surface area contributed by atoms with Gasteiger partial charge in [0.1, 0.15) is 6.33 Å². The number of aromatic nitrogens is 4. The summed E-state index contributed by atoms with van der Waals surface area (Å²) < 4.78 is 41.8. The molecule has 0 radical (unpaired) electrons. The monoisotopic (exact) mass is 547 g/mol. The van der Waals surface area contributed by atoms with E-state index >= 15 is 0 Å². The summed E-state index contributed by atoms with van der Waals surface area (Å²) in [5.74, 6) is 0.150. The van der Waals surface area contributed by atoms with Crippen molar-refractivity contribution in [3.8, 4) is 11.3 Å². The molecule has 2 aromatic heterocycles. The van der Waals surface area contributed by atoms with Crippen molar-refractivity contribution in [2.24, 2.45) is 5.92 Å². The van der Waals surface area contributed by atoms with Crippen molar-refractivity contribution in [1.29, 1.82) is 0 Å². The number of hydrogen-bond donors (Lipinski definition) is 2. The molecular weight excluding hydrogens is 519 g/mol. The fourth-order valence-corrected chi connectivity index (χ4v) is 4.70. The van der Waals surface area contributed by atoms with E-state index in [0.717, 1.165) is 36.7 Å². The average molecular weight is 548 g/mol. The minimum absolute atomic E-state index is 0.0675. The number of amides is 1. The highest BCUT2D eigenvalue weighted by Gasteiger charge is 2.35. The second kappa shape index (κ2) is 11.4. The van der Waals surface area contributed by atoms with Crippen LogP contribution in [0, 0.1) is 12.8 Å². The number of aryl methyl sites for hydroxylation is 1. The minimum atomic E-state index is -4.57. The summed E-state index contributed by atoms with van der Waals surface area (Å²) >= 11 is 0. The summed E-state index contributed by atoms with van der Waals surface area (Å²) in [6.45, 7) is 5.70. The topological polar surface area (TPSA) is 95.9 Å². The SMILES string of the molecule is Cc1ccc(NC(=O)c2ccc(CN3CC[C@H](C)C3)c(C(F)(F)F)c2)cc1Nc1nccc(-c2cncnc2)n1. The molecule has 2 aromatic carbocycles. The Bertz CT molecular complexity index is 1510. The predicted octanol–water partition coefficient (Wildman–Crippen LogP) is 6.10. The number of carbonyl (C=O) groups is 1. The van der Waals surface area contributed by atoms with E-state index < -0.39 is 17.6 Å². The van der Waals surface area contributed by atoms with Crippen molar-refractivity contribution in [3.05, 3.63) is 89.6 Å². The molecule has 2 N–H and O–H groups in total. The van der Waals surface area contributed by atoms with Crippen molar-refractivity contribution in [1.82, 2.24) is 24.8 Å². The van der Waals surface area contributed by atoms with E-state index in [2.05, 4.69) is 37.5 Å². The average Bonchev–Trinajstić information content (AvgIpc) is 3.35. The molecule has 1 aliphatic rings. The Morgan fingerprint density at radius 2 is 1.90 bits per heavy atom. The molecule has 8 nitrogen and oxygen atoms in total. The quantitative estimate of drug-likeness (QED) is 0.289. The molecule has 0 unspecified atom stereocenters. The summed E-state index contributed by atoms with van der Waals surface area (Å²) in [7, 11) is 0. The van der Waals surface area contributed by atoms with E-state index in [0.29, 0.717) is 28.9 Å². The predicted molar refractivity (Wildman–Crippen MR) is 146 cm³/mol. The first-order valence-electron chi connectivity index (χ1n) is 12.9. The summed E-state index contributed by atoms with van der Waals surface area (Å²) in [5, 5.41) is 5.85. The van der Waals surface area contributed by atoms with Gasteiger partial charge in [-0.15, -0.1) is 0 Å². The second-order valence-corrected chi connectivity index (χ2v) is 10.0. The van der Waals surface area contributed by atoms with Gasteiger partial charge in [-0.05, 0) is 67.3 Å². The third kappa shape index (κ3) is 6.42. The number of benzene rings is 2. The Labute approximate surface area is 229 Å². The number of nitrogens with zero attached hydrogens (tertiary/aromatic N) is 5. The third-order valence-electron chi connectivity index (χ3n) is 6.83. The summed E-state index contributed by atoms with van der Waals surface area (Å²) in [6.07, 6.45) is 2.71. The van der Waals surface area contributed by atoms with Crippen molar-refractivity contribution in [2.45, 2.75) is 33.0 Å². The molecule has 11 heteroatoms. The zero-order valence-electron chi connectivity index (χ0n) is 22.0. The molecule has 1 saturated heterocycles. The lowest BCUT2D eigenvalue weighted by atomic mass is 10.0. The maximum Gasteiger partial charge on any atom is 0.416 e. The van der Waals surface area contributed by atoms with E-state index in [1.165, 1.54) is 18.5 Å². The second-order valence-electron chi connectivity index (χ2n) is 10.0. The smallest absolute Gasteiger partial charge is 0.324 e. The number of anilines is 3. The Morgan fingerprint density at radius 3 is 2.62 bits per heavy atom. The van der Waals surface area contributed by atoms with E-state index in [4.69, 9.17) is 0 Å². The molecule has 5 rings (SSSR count). The van der Waals surface area contributed by atoms with Gasteiger partial charge in [0.05, 0.1) is 11.3 Å². The molecule has 1 amide bonds. The molecule has 0 aliphatic carbocycles. The van der Waals surface area contributed by atoms with Gasteiger partial charge in [0.25, 0.3) is 5.91 Å². The summed E-state index contributed by atoms with van der Waals surface area (Å²) in [5.41, 5.74) is 2.57. The van der Waals surface area contributed by atoms with Gasteiger partial charge in [0.15, 0.2) is 0 Å². The molecule has 0 bridgehead atoms. The highest BCUT2D eigenvalue weighted by Crippen LogP contribution is 2.34. The molecule has 206 valence electrons. The molecule has 3 heterocycles. The number of rotatable bonds is 7. The fourth-order valence-electron chi connectivity index (χ4n) is 4.70. The van der Waals surface area contributed by atoms with Crippen LogP contribution in [0.15, 0.2) is 67.4 Å². The Balaban J connectivity index is 1.33. The number of likely N-dealkylation sites (tertiary alicyclic amines) is 1.